The molecule has 0 atom stereocenters. The van der Waals surface area contributed by atoms with Gasteiger partial charge in [-0.05, 0) is 39.9 Å². The van der Waals surface area contributed by atoms with E-state index in [0.717, 1.165) is 38.2 Å². The van der Waals surface area contributed by atoms with Crippen LogP contribution in [0.25, 0.3) is 0 Å². The third kappa shape index (κ3) is 3.30. The molecule has 0 aliphatic heterocycles. The third-order valence-corrected chi connectivity index (χ3v) is 3.13. The van der Waals surface area contributed by atoms with Gasteiger partial charge in [-0.1, -0.05) is 11.6 Å². The first-order valence-electron chi connectivity index (χ1n) is 6.00. The lowest BCUT2D eigenvalue weighted by molar-refractivity contribution is 0.382. The number of halogens is 1. The van der Waals surface area contributed by atoms with Gasteiger partial charge >= 0.3 is 0 Å². The van der Waals surface area contributed by atoms with Crippen molar-refractivity contribution in [1.82, 2.24) is 14.5 Å². The fourth-order valence-electron chi connectivity index (χ4n) is 1.92. The quantitative estimate of drug-likeness (QED) is 0.752. The normalized spacial score (nSPS) is 15.5. The number of aromatic nitrogens is 2. The van der Waals surface area contributed by atoms with Crippen LogP contribution >= 0.6 is 11.6 Å². The molecule has 4 nitrogen and oxygen atoms in total. The van der Waals surface area contributed by atoms with E-state index in [1.807, 2.05) is 14.1 Å². The topological polar surface area (TPSA) is 38.1 Å². The Labute approximate surface area is 106 Å². The fraction of sp³-hybridized carbons (Fsp3) is 0.667. The maximum Gasteiger partial charge on any atom is 0.254 e. The summed E-state index contributed by atoms with van der Waals surface area (Å²) in [6.07, 6.45) is 3.21. The van der Waals surface area contributed by atoms with Gasteiger partial charge in [-0.25, -0.2) is 4.98 Å². The molecular formula is C12H18ClN3O. The van der Waals surface area contributed by atoms with Crippen LogP contribution in [0, 0.1) is 0 Å². The zero-order chi connectivity index (χ0) is 12.4. The largest absolute Gasteiger partial charge is 0.309 e. The summed E-state index contributed by atoms with van der Waals surface area (Å²) in [7, 11) is 4.06. The van der Waals surface area contributed by atoms with Crippen molar-refractivity contribution in [3.8, 4) is 0 Å². The molecule has 17 heavy (non-hydrogen) atoms. The van der Waals surface area contributed by atoms with Gasteiger partial charge in [-0.3, -0.25) is 9.36 Å². The summed E-state index contributed by atoms with van der Waals surface area (Å²) >= 11 is 5.85. The Bertz CT molecular complexity index is 452. The molecule has 0 spiro atoms. The maximum atomic E-state index is 11.9. The predicted molar refractivity (Wildman–Crippen MR) is 68.7 cm³/mol. The van der Waals surface area contributed by atoms with E-state index in [4.69, 9.17) is 11.6 Å². The summed E-state index contributed by atoms with van der Waals surface area (Å²) in [6, 6.07) is 1.41. The van der Waals surface area contributed by atoms with Crippen LogP contribution < -0.4 is 5.56 Å². The van der Waals surface area contributed by atoms with Crippen molar-refractivity contribution in [1.29, 1.82) is 0 Å². The molecule has 1 saturated carbocycles. The van der Waals surface area contributed by atoms with Crippen LogP contribution in [0.4, 0.5) is 0 Å². The van der Waals surface area contributed by atoms with Crippen molar-refractivity contribution in [3.05, 3.63) is 27.4 Å². The van der Waals surface area contributed by atoms with E-state index in [0.29, 0.717) is 11.1 Å². The lowest BCUT2D eigenvalue weighted by Crippen LogP contribution is -2.26. The van der Waals surface area contributed by atoms with Gasteiger partial charge < -0.3 is 4.90 Å². The molecule has 0 aromatic carbocycles. The molecule has 0 bridgehead atoms. The SMILES string of the molecule is CN(C)CCCn1c(C2CC2)nc(Cl)cc1=O. The van der Waals surface area contributed by atoms with Gasteiger partial charge in [-0.15, -0.1) is 0 Å². The van der Waals surface area contributed by atoms with Crippen molar-refractivity contribution in [3.63, 3.8) is 0 Å². The van der Waals surface area contributed by atoms with Gasteiger partial charge in [0.2, 0.25) is 0 Å². The highest BCUT2D eigenvalue weighted by atomic mass is 35.5. The highest BCUT2D eigenvalue weighted by Crippen LogP contribution is 2.38. The molecular weight excluding hydrogens is 238 g/mol. The lowest BCUT2D eigenvalue weighted by atomic mass is 10.3. The first-order chi connectivity index (χ1) is 8.08. The Morgan fingerprint density at radius 1 is 1.53 bits per heavy atom. The first kappa shape index (κ1) is 12.6. The Kier molecular flexibility index (Phi) is 3.84. The lowest BCUT2D eigenvalue weighted by Gasteiger charge is -2.13. The molecule has 94 valence electrons. The van der Waals surface area contributed by atoms with E-state index in [2.05, 4.69) is 9.88 Å². The second-order valence-electron chi connectivity index (χ2n) is 4.86. The summed E-state index contributed by atoms with van der Waals surface area (Å²) in [5, 5.41) is 0.320. The Hall–Kier alpha value is -0.870. The standard InChI is InChI=1S/C12H18ClN3O/c1-15(2)6-3-7-16-11(17)8-10(13)14-12(16)9-4-5-9/h8-9H,3-7H2,1-2H3. The fourth-order valence-corrected chi connectivity index (χ4v) is 2.10. The molecule has 0 unspecified atom stereocenters. The number of rotatable bonds is 5. The Balaban J connectivity index is 2.16. The monoisotopic (exact) mass is 255 g/mol. The second kappa shape index (κ2) is 5.19. The van der Waals surface area contributed by atoms with E-state index >= 15 is 0 Å². The minimum absolute atomic E-state index is 0.0225. The van der Waals surface area contributed by atoms with Gasteiger partial charge in [0, 0.05) is 18.5 Å². The predicted octanol–water partition coefficient (Wildman–Crippen LogP) is 1.73. The third-order valence-electron chi connectivity index (χ3n) is 2.94. The number of hydrogen-bond donors (Lipinski definition) is 0. The van der Waals surface area contributed by atoms with Gasteiger partial charge in [0.1, 0.15) is 11.0 Å². The van der Waals surface area contributed by atoms with Gasteiger partial charge in [0.05, 0.1) is 0 Å². The molecule has 1 fully saturated rings. The van der Waals surface area contributed by atoms with E-state index in [-0.39, 0.29) is 5.56 Å². The van der Waals surface area contributed by atoms with Gasteiger partial charge in [0.25, 0.3) is 5.56 Å². The summed E-state index contributed by atoms with van der Waals surface area (Å²) in [5.74, 6) is 1.32. The maximum absolute atomic E-state index is 11.9. The van der Waals surface area contributed by atoms with E-state index in [1.54, 1.807) is 4.57 Å². The molecule has 2 rings (SSSR count). The summed E-state index contributed by atoms with van der Waals surface area (Å²) in [4.78, 5) is 18.3. The van der Waals surface area contributed by atoms with Crippen LogP contribution in [-0.4, -0.2) is 35.1 Å². The molecule has 1 aliphatic rings. The van der Waals surface area contributed by atoms with Gasteiger partial charge in [-0.2, -0.15) is 0 Å². The van der Waals surface area contributed by atoms with Crippen LogP contribution in [0.2, 0.25) is 5.15 Å². The summed E-state index contributed by atoms with van der Waals surface area (Å²) in [6.45, 7) is 1.70. The Morgan fingerprint density at radius 2 is 2.24 bits per heavy atom. The molecule has 1 aliphatic carbocycles. The first-order valence-corrected chi connectivity index (χ1v) is 6.37. The molecule has 1 heterocycles. The van der Waals surface area contributed by atoms with Crippen LogP contribution in [-0.2, 0) is 6.54 Å². The summed E-state index contributed by atoms with van der Waals surface area (Å²) in [5.41, 5.74) is -0.0225. The zero-order valence-electron chi connectivity index (χ0n) is 10.3. The van der Waals surface area contributed by atoms with E-state index in [9.17, 15) is 4.79 Å². The number of hydrogen-bond acceptors (Lipinski definition) is 3. The highest BCUT2D eigenvalue weighted by molar-refractivity contribution is 6.29. The molecule has 5 heteroatoms. The van der Waals surface area contributed by atoms with Crippen molar-refractivity contribution in [2.75, 3.05) is 20.6 Å². The molecule has 0 N–H and O–H groups in total. The second-order valence-corrected chi connectivity index (χ2v) is 5.25. The van der Waals surface area contributed by atoms with Crippen LogP contribution in [0.5, 0.6) is 0 Å². The average molecular weight is 256 g/mol. The van der Waals surface area contributed by atoms with Crippen molar-refractivity contribution in [2.45, 2.75) is 31.7 Å². The van der Waals surface area contributed by atoms with Crippen molar-refractivity contribution >= 4 is 11.6 Å². The highest BCUT2D eigenvalue weighted by Gasteiger charge is 2.28. The molecule has 0 amide bonds. The average Bonchev–Trinajstić information content (AvgIpc) is 3.03. The van der Waals surface area contributed by atoms with Crippen LogP contribution in [0.15, 0.2) is 10.9 Å². The molecule has 1 aromatic heterocycles. The van der Waals surface area contributed by atoms with Crippen LogP contribution in [0.3, 0.4) is 0 Å². The van der Waals surface area contributed by atoms with Crippen molar-refractivity contribution < 1.29 is 0 Å². The Morgan fingerprint density at radius 3 is 2.82 bits per heavy atom. The van der Waals surface area contributed by atoms with E-state index in [1.165, 1.54) is 6.07 Å². The van der Waals surface area contributed by atoms with Crippen molar-refractivity contribution in [2.24, 2.45) is 0 Å². The molecule has 0 radical (unpaired) electrons. The number of nitrogens with zero attached hydrogens (tertiary/aromatic N) is 3. The molecule has 0 saturated heterocycles. The molecule has 1 aromatic rings. The minimum Gasteiger partial charge on any atom is -0.309 e. The zero-order valence-corrected chi connectivity index (χ0v) is 11.1. The minimum atomic E-state index is -0.0225. The summed E-state index contributed by atoms with van der Waals surface area (Å²) < 4.78 is 1.78. The van der Waals surface area contributed by atoms with E-state index < -0.39 is 0 Å². The smallest absolute Gasteiger partial charge is 0.254 e. The van der Waals surface area contributed by atoms with Gasteiger partial charge in [0.15, 0.2) is 0 Å². The van der Waals surface area contributed by atoms with Crippen LogP contribution in [0.1, 0.15) is 31.0 Å².